The molecule has 1 aromatic heterocycles. The van der Waals surface area contributed by atoms with E-state index < -0.39 is 0 Å². The number of amidine groups is 2. The Morgan fingerprint density at radius 1 is 0.818 bits per heavy atom. The smallest absolute Gasteiger partial charge is 0.179 e. The molecule has 2 aliphatic heterocycles. The quantitative estimate of drug-likeness (QED) is 0.199. The molecular formula is C37H36N6O. The number of unbranched alkanes of at least 4 members (excludes halogenated alkanes) is 1. The molecule has 1 N–H and O–H groups in total. The van der Waals surface area contributed by atoms with Gasteiger partial charge in [-0.1, -0.05) is 67.9 Å². The van der Waals surface area contributed by atoms with Gasteiger partial charge in [0.15, 0.2) is 17.5 Å². The van der Waals surface area contributed by atoms with Gasteiger partial charge in [-0.2, -0.15) is 5.10 Å². The Morgan fingerprint density at radius 2 is 1.57 bits per heavy atom. The van der Waals surface area contributed by atoms with Gasteiger partial charge in [-0.3, -0.25) is 0 Å². The van der Waals surface area contributed by atoms with E-state index in [1.165, 1.54) is 18.4 Å². The van der Waals surface area contributed by atoms with Crippen LogP contribution in [0, 0.1) is 6.92 Å². The van der Waals surface area contributed by atoms with Gasteiger partial charge in [-0.25, -0.2) is 14.7 Å². The molecule has 0 aliphatic carbocycles. The molecule has 0 bridgehead atoms. The van der Waals surface area contributed by atoms with Gasteiger partial charge >= 0.3 is 0 Å². The summed E-state index contributed by atoms with van der Waals surface area (Å²) in [6.45, 7) is 6.92. The van der Waals surface area contributed by atoms with E-state index in [4.69, 9.17) is 19.8 Å². The van der Waals surface area contributed by atoms with Crippen molar-refractivity contribution in [3.63, 3.8) is 0 Å². The van der Waals surface area contributed by atoms with Crippen molar-refractivity contribution >= 4 is 34.6 Å². The number of nitrogens with zero attached hydrogens (tertiary/aromatic N) is 5. The summed E-state index contributed by atoms with van der Waals surface area (Å²) in [5.41, 5.74) is 8.29. The maximum atomic E-state index is 5.80. The van der Waals surface area contributed by atoms with Gasteiger partial charge < -0.3 is 15.0 Å². The molecule has 44 heavy (non-hydrogen) atoms. The standard InChI is InChI=1S/C37H36N6O/c1-4-6-12-26-17-21-28(22-18-26)38-35-37-40-36-33(25(3)41-43(36)29-13-8-7-9-14-29)34(27-19-23-30(24-20-27)44-5-2)42(37)32-16-11-10-15-31(32)39-35/h7-11,13-24,34H,4-6,12H2,1-3H3,(H,38,39)/t34-/m1/s1. The number of aryl methyl sites for hydroxylation is 2. The van der Waals surface area contributed by atoms with Crippen LogP contribution in [0.1, 0.15) is 55.1 Å². The first-order chi connectivity index (χ1) is 21.6. The van der Waals surface area contributed by atoms with Gasteiger partial charge in [0.25, 0.3) is 0 Å². The summed E-state index contributed by atoms with van der Waals surface area (Å²) in [7, 11) is 0. The number of para-hydroxylation sites is 3. The number of fused-ring (bicyclic) bond motifs is 4. The summed E-state index contributed by atoms with van der Waals surface area (Å²) >= 11 is 0. The van der Waals surface area contributed by atoms with E-state index in [2.05, 4.69) is 90.8 Å². The zero-order valence-corrected chi connectivity index (χ0v) is 25.4. The predicted octanol–water partition coefficient (Wildman–Crippen LogP) is 8.72. The van der Waals surface area contributed by atoms with Crippen LogP contribution in [0.3, 0.4) is 0 Å². The number of aliphatic imine (C=N–C) groups is 2. The fourth-order valence-electron chi connectivity index (χ4n) is 6.05. The summed E-state index contributed by atoms with van der Waals surface area (Å²) in [6, 6.07) is 35.4. The molecule has 3 heterocycles. The molecule has 4 aromatic carbocycles. The van der Waals surface area contributed by atoms with E-state index in [0.717, 1.165) is 63.4 Å². The molecule has 0 unspecified atom stereocenters. The first kappa shape index (κ1) is 27.7. The maximum absolute atomic E-state index is 5.80. The molecule has 0 spiro atoms. The second-order valence-corrected chi connectivity index (χ2v) is 11.2. The van der Waals surface area contributed by atoms with Crippen LogP contribution in [0.2, 0.25) is 0 Å². The maximum Gasteiger partial charge on any atom is 0.179 e. The van der Waals surface area contributed by atoms with Crippen molar-refractivity contribution in [1.82, 2.24) is 9.78 Å². The Morgan fingerprint density at radius 3 is 2.32 bits per heavy atom. The van der Waals surface area contributed by atoms with Crippen LogP contribution in [0.15, 0.2) is 113 Å². The number of nitrogens with one attached hydrogen (secondary N) is 1. The molecule has 5 aromatic rings. The van der Waals surface area contributed by atoms with Crippen molar-refractivity contribution in [2.24, 2.45) is 9.98 Å². The molecule has 7 heteroatoms. The van der Waals surface area contributed by atoms with Crippen molar-refractivity contribution < 1.29 is 4.74 Å². The van der Waals surface area contributed by atoms with E-state index in [1.54, 1.807) is 0 Å². The van der Waals surface area contributed by atoms with Crippen molar-refractivity contribution in [2.45, 2.75) is 46.1 Å². The Hall–Kier alpha value is -5.17. The van der Waals surface area contributed by atoms with Gasteiger partial charge in [-0.15, -0.1) is 0 Å². The number of hydrogen-bond donors (Lipinski definition) is 1. The fraction of sp³-hybridized carbons (Fsp3) is 0.216. The van der Waals surface area contributed by atoms with Gasteiger partial charge in [-0.05, 0) is 86.3 Å². The zero-order chi connectivity index (χ0) is 30.0. The highest BCUT2D eigenvalue weighted by molar-refractivity contribution is 6.51. The average Bonchev–Trinajstić information content (AvgIpc) is 3.40. The Labute approximate surface area is 258 Å². The second kappa shape index (κ2) is 11.8. The predicted molar refractivity (Wildman–Crippen MR) is 180 cm³/mol. The third kappa shape index (κ3) is 5.04. The van der Waals surface area contributed by atoms with Crippen LogP contribution in [0.5, 0.6) is 5.75 Å². The highest BCUT2D eigenvalue weighted by Gasteiger charge is 2.41. The SMILES string of the molecule is CCCCc1ccc(NC2=Nc3ccccc3N3C2=Nc2c(c(C)nn2-c2ccccc2)[C@H]3c2ccc(OCC)cc2)cc1. The van der Waals surface area contributed by atoms with Crippen molar-refractivity contribution in [2.75, 3.05) is 16.8 Å². The number of aromatic nitrogens is 2. The summed E-state index contributed by atoms with van der Waals surface area (Å²) in [5.74, 6) is 3.11. The van der Waals surface area contributed by atoms with Crippen LogP contribution in [-0.2, 0) is 6.42 Å². The topological polar surface area (TPSA) is 67.0 Å². The molecule has 7 rings (SSSR count). The number of anilines is 2. The molecule has 1 atom stereocenters. The molecule has 7 nitrogen and oxygen atoms in total. The lowest BCUT2D eigenvalue weighted by atomic mass is 9.93. The van der Waals surface area contributed by atoms with Gasteiger partial charge in [0.2, 0.25) is 0 Å². The summed E-state index contributed by atoms with van der Waals surface area (Å²) < 4.78 is 7.75. The van der Waals surface area contributed by atoms with Gasteiger partial charge in [0.1, 0.15) is 5.75 Å². The minimum absolute atomic E-state index is 0.185. The Balaban J connectivity index is 1.40. The van der Waals surface area contributed by atoms with Gasteiger partial charge in [0, 0.05) is 11.3 Å². The lowest BCUT2D eigenvalue weighted by Gasteiger charge is -2.40. The summed E-state index contributed by atoms with van der Waals surface area (Å²) in [6.07, 6.45) is 3.45. The molecule has 0 saturated heterocycles. The lowest BCUT2D eigenvalue weighted by molar-refractivity contribution is 0.340. The molecule has 2 aliphatic rings. The average molecular weight is 581 g/mol. The number of ether oxygens (including phenoxy) is 1. The van der Waals surface area contributed by atoms with Crippen LogP contribution >= 0.6 is 0 Å². The number of hydrogen-bond acceptors (Lipinski definition) is 6. The lowest BCUT2D eigenvalue weighted by Crippen LogP contribution is -2.46. The number of rotatable bonds is 8. The molecule has 0 fully saturated rings. The monoisotopic (exact) mass is 580 g/mol. The van der Waals surface area contributed by atoms with Crippen molar-refractivity contribution in [3.05, 3.63) is 126 Å². The summed E-state index contributed by atoms with van der Waals surface area (Å²) in [4.78, 5) is 12.8. The molecule has 0 radical (unpaired) electrons. The van der Waals surface area contributed by atoms with Crippen LogP contribution in [-0.4, -0.2) is 28.1 Å². The first-order valence-electron chi connectivity index (χ1n) is 15.4. The summed E-state index contributed by atoms with van der Waals surface area (Å²) in [5, 5.41) is 8.67. The van der Waals surface area contributed by atoms with Crippen LogP contribution < -0.4 is 15.0 Å². The highest BCUT2D eigenvalue weighted by atomic mass is 16.5. The molecular weight excluding hydrogens is 544 g/mol. The Kier molecular flexibility index (Phi) is 7.44. The molecule has 0 amide bonds. The van der Waals surface area contributed by atoms with E-state index >= 15 is 0 Å². The normalized spacial score (nSPS) is 15.1. The minimum Gasteiger partial charge on any atom is -0.494 e. The van der Waals surface area contributed by atoms with Crippen LogP contribution in [0.4, 0.5) is 22.9 Å². The van der Waals surface area contributed by atoms with Gasteiger partial charge in [0.05, 0.1) is 35.4 Å². The zero-order valence-electron chi connectivity index (χ0n) is 25.4. The first-order valence-corrected chi connectivity index (χ1v) is 15.4. The second-order valence-electron chi connectivity index (χ2n) is 11.2. The van der Waals surface area contributed by atoms with Crippen LogP contribution in [0.25, 0.3) is 5.69 Å². The van der Waals surface area contributed by atoms with E-state index in [0.29, 0.717) is 12.4 Å². The van der Waals surface area contributed by atoms with E-state index in [9.17, 15) is 0 Å². The van der Waals surface area contributed by atoms with Crippen molar-refractivity contribution in [3.8, 4) is 11.4 Å². The third-order valence-electron chi connectivity index (χ3n) is 8.18. The Bertz CT molecular complexity index is 1840. The van der Waals surface area contributed by atoms with E-state index in [-0.39, 0.29) is 6.04 Å². The highest BCUT2D eigenvalue weighted by Crippen LogP contribution is 2.48. The van der Waals surface area contributed by atoms with E-state index in [1.807, 2.05) is 48.0 Å². The minimum atomic E-state index is -0.185. The molecule has 0 saturated carbocycles. The molecule has 220 valence electrons. The third-order valence-corrected chi connectivity index (χ3v) is 8.18. The fourth-order valence-corrected chi connectivity index (χ4v) is 6.05. The van der Waals surface area contributed by atoms with Crippen molar-refractivity contribution in [1.29, 1.82) is 0 Å². The largest absolute Gasteiger partial charge is 0.494 e. The number of benzene rings is 4.